The third kappa shape index (κ3) is 7.29. The minimum atomic E-state index is -0.920. The minimum absolute atomic E-state index is 0.0195. The van der Waals surface area contributed by atoms with Crippen LogP contribution < -0.4 is 9.47 Å². The number of Topliss-reactive ketones (excluding diaryl/α,β-unsaturated/α-hetero) is 1. The van der Waals surface area contributed by atoms with Crippen LogP contribution in [0.2, 0.25) is 0 Å². The Kier molecular flexibility index (Phi) is 10.3. The summed E-state index contributed by atoms with van der Waals surface area (Å²) in [6.07, 6.45) is 7.04. The molecule has 0 heterocycles. The molecule has 0 radical (unpaired) electrons. The number of hydrogen-bond acceptors (Lipinski definition) is 4. The number of carbonyl (C=O) groups excluding carboxylic acids is 1. The molecule has 1 N–H and O–H groups in total. The van der Waals surface area contributed by atoms with Gasteiger partial charge in [0.15, 0.2) is 0 Å². The van der Waals surface area contributed by atoms with Gasteiger partial charge in [0, 0.05) is 17.9 Å². The summed E-state index contributed by atoms with van der Waals surface area (Å²) in [7, 11) is 0. The van der Waals surface area contributed by atoms with Crippen LogP contribution in [0.25, 0.3) is 0 Å². The quantitative estimate of drug-likeness (QED) is 0.199. The molecule has 0 aromatic heterocycles. The van der Waals surface area contributed by atoms with Gasteiger partial charge in [-0.05, 0) is 98.3 Å². The Morgan fingerprint density at radius 2 is 1.58 bits per heavy atom. The van der Waals surface area contributed by atoms with E-state index in [0.717, 1.165) is 61.2 Å². The van der Waals surface area contributed by atoms with Gasteiger partial charge in [0.05, 0.1) is 18.6 Å². The number of benzene rings is 2. The zero-order chi connectivity index (χ0) is 31.4. The van der Waals surface area contributed by atoms with E-state index in [-0.39, 0.29) is 34.9 Å². The largest absolute Gasteiger partial charge is 0.493 e. The molecule has 0 saturated heterocycles. The highest BCUT2D eigenvalue weighted by molar-refractivity contribution is 5.89. The second kappa shape index (κ2) is 13.4. The Labute approximate surface area is 259 Å². The lowest BCUT2D eigenvalue weighted by Crippen LogP contribution is -2.46. The first kappa shape index (κ1) is 33.1. The van der Waals surface area contributed by atoms with Crippen molar-refractivity contribution >= 4 is 11.8 Å². The van der Waals surface area contributed by atoms with E-state index >= 15 is 0 Å². The molecule has 4 rings (SSSR count). The summed E-state index contributed by atoms with van der Waals surface area (Å²) in [6, 6.07) is 14.8. The maximum absolute atomic E-state index is 14.2. The number of ketones is 1. The molecule has 0 bridgehead atoms. The molecule has 2 atom stereocenters. The Morgan fingerprint density at radius 3 is 2.07 bits per heavy atom. The van der Waals surface area contributed by atoms with Crippen LogP contribution in [0.5, 0.6) is 11.5 Å². The lowest BCUT2D eigenvalue weighted by Gasteiger charge is -2.44. The highest BCUT2D eigenvalue weighted by Gasteiger charge is 2.51. The van der Waals surface area contributed by atoms with Gasteiger partial charge in [-0.2, -0.15) is 0 Å². The van der Waals surface area contributed by atoms with Crippen molar-refractivity contribution in [2.45, 2.75) is 123 Å². The SMILES string of the molecule is CCOc1cc([C@@H](C)C(CCCC(C)(C)c2ccccc2)C(=O)CC2(C(=O)O)CC(CC)C2)cc(OCC)c1C1(C)CC1. The summed E-state index contributed by atoms with van der Waals surface area (Å²) in [5.74, 6) is 0.995. The molecule has 2 aliphatic rings. The monoisotopic (exact) mass is 590 g/mol. The molecular formula is C38H54O5. The van der Waals surface area contributed by atoms with Crippen molar-refractivity contribution in [3.05, 3.63) is 59.2 Å². The number of rotatable bonds is 17. The van der Waals surface area contributed by atoms with Gasteiger partial charge in [-0.25, -0.2) is 0 Å². The second-order valence-electron chi connectivity index (χ2n) is 14.3. The summed E-state index contributed by atoms with van der Waals surface area (Å²) in [6.45, 7) is 16.2. The fourth-order valence-electron chi connectivity index (χ4n) is 7.36. The first-order valence-electron chi connectivity index (χ1n) is 16.7. The van der Waals surface area contributed by atoms with Gasteiger partial charge in [-0.1, -0.05) is 77.8 Å². The van der Waals surface area contributed by atoms with Gasteiger partial charge >= 0.3 is 5.97 Å². The number of ether oxygens (including phenoxy) is 2. The van der Waals surface area contributed by atoms with Crippen LogP contribution in [-0.2, 0) is 20.4 Å². The van der Waals surface area contributed by atoms with Gasteiger partial charge in [-0.3, -0.25) is 9.59 Å². The third-order valence-electron chi connectivity index (χ3n) is 10.6. The highest BCUT2D eigenvalue weighted by Crippen LogP contribution is 2.56. The molecule has 2 aliphatic carbocycles. The Hall–Kier alpha value is -2.82. The molecule has 2 saturated carbocycles. The molecule has 236 valence electrons. The Bertz CT molecular complexity index is 1230. The van der Waals surface area contributed by atoms with Crippen LogP contribution in [0.15, 0.2) is 42.5 Å². The van der Waals surface area contributed by atoms with Crippen molar-refractivity contribution in [3.8, 4) is 11.5 Å². The Morgan fingerprint density at radius 1 is 1.00 bits per heavy atom. The summed E-state index contributed by atoms with van der Waals surface area (Å²) in [4.78, 5) is 26.7. The van der Waals surface area contributed by atoms with E-state index in [2.05, 4.69) is 71.0 Å². The smallest absolute Gasteiger partial charge is 0.310 e. The molecule has 0 spiro atoms. The standard InChI is InChI=1S/C38H54O5/c1-8-27-23-38(24-27,35(40)41)25-31(39)30(17-14-18-36(5,6)29-15-12-11-13-16-29)26(4)28-21-32(42-9-2)34(37(7)19-20-37)33(22-28)43-10-3/h11-13,15-16,21-22,26-27,30H,8-10,14,17-20,23-25H2,1-7H3,(H,40,41)/t26-,27?,30?,38?/m1/s1. The van der Waals surface area contributed by atoms with Crippen molar-refractivity contribution < 1.29 is 24.2 Å². The van der Waals surface area contributed by atoms with Crippen molar-refractivity contribution in [1.29, 1.82) is 0 Å². The van der Waals surface area contributed by atoms with E-state index in [4.69, 9.17) is 9.47 Å². The summed E-state index contributed by atoms with van der Waals surface area (Å²) >= 11 is 0. The molecular weight excluding hydrogens is 536 g/mol. The lowest BCUT2D eigenvalue weighted by atomic mass is 9.58. The summed E-state index contributed by atoms with van der Waals surface area (Å²) < 4.78 is 12.4. The van der Waals surface area contributed by atoms with E-state index in [1.54, 1.807) is 0 Å². The zero-order valence-corrected chi connectivity index (χ0v) is 27.6. The van der Waals surface area contributed by atoms with Crippen molar-refractivity contribution in [3.63, 3.8) is 0 Å². The molecule has 0 amide bonds. The van der Waals surface area contributed by atoms with E-state index in [1.165, 1.54) is 5.56 Å². The van der Waals surface area contributed by atoms with Crippen molar-refractivity contribution in [2.75, 3.05) is 13.2 Å². The van der Waals surface area contributed by atoms with Gasteiger partial charge < -0.3 is 14.6 Å². The third-order valence-corrected chi connectivity index (χ3v) is 10.6. The van der Waals surface area contributed by atoms with Crippen LogP contribution in [-0.4, -0.2) is 30.1 Å². The van der Waals surface area contributed by atoms with Gasteiger partial charge in [-0.15, -0.1) is 0 Å². The molecule has 2 fully saturated rings. The maximum atomic E-state index is 14.2. The molecule has 2 aromatic carbocycles. The van der Waals surface area contributed by atoms with Crippen LogP contribution in [0.4, 0.5) is 0 Å². The number of carboxylic acids is 1. The molecule has 0 aliphatic heterocycles. The average molecular weight is 591 g/mol. The van der Waals surface area contributed by atoms with Gasteiger partial charge in [0.25, 0.3) is 0 Å². The Balaban J connectivity index is 1.64. The summed E-state index contributed by atoms with van der Waals surface area (Å²) in [5.41, 5.74) is 2.59. The van der Waals surface area contributed by atoms with Gasteiger partial charge in [0.1, 0.15) is 17.3 Å². The van der Waals surface area contributed by atoms with Gasteiger partial charge in [0.2, 0.25) is 0 Å². The fourth-order valence-corrected chi connectivity index (χ4v) is 7.36. The molecule has 2 aromatic rings. The van der Waals surface area contributed by atoms with Crippen LogP contribution in [0, 0.1) is 17.3 Å². The number of carbonyl (C=O) groups is 2. The first-order chi connectivity index (χ1) is 20.4. The molecule has 43 heavy (non-hydrogen) atoms. The molecule has 5 nitrogen and oxygen atoms in total. The second-order valence-corrected chi connectivity index (χ2v) is 14.3. The summed E-state index contributed by atoms with van der Waals surface area (Å²) in [5, 5.41) is 10.2. The normalized spacial score (nSPS) is 22.3. The maximum Gasteiger partial charge on any atom is 0.310 e. The van der Waals surface area contributed by atoms with Crippen molar-refractivity contribution in [2.24, 2.45) is 17.3 Å². The number of carboxylic acid groups (broad SMARTS) is 1. The van der Waals surface area contributed by atoms with Crippen LogP contribution in [0.3, 0.4) is 0 Å². The average Bonchev–Trinajstić information content (AvgIpc) is 3.70. The molecule has 5 heteroatoms. The first-order valence-corrected chi connectivity index (χ1v) is 16.7. The van der Waals surface area contributed by atoms with Crippen molar-refractivity contribution in [1.82, 2.24) is 0 Å². The lowest BCUT2D eigenvalue weighted by molar-refractivity contribution is -0.162. The highest BCUT2D eigenvalue weighted by atomic mass is 16.5. The minimum Gasteiger partial charge on any atom is -0.493 e. The number of aliphatic carboxylic acids is 1. The predicted molar refractivity (Wildman–Crippen MR) is 173 cm³/mol. The van der Waals surface area contributed by atoms with Crippen LogP contribution >= 0.6 is 0 Å². The topological polar surface area (TPSA) is 72.8 Å². The number of hydrogen-bond donors (Lipinski definition) is 1. The zero-order valence-electron chi connectivity index (χ0n) is 27.6. The molecule has 1 unspecified atom stereocenters. The predicted octanol–water partition coefficient (Wildman–Crippen LogP) is 9.25. The van der Waals surface area contributed by atoms with E-state index in [1.807, 2.05) is 19.9 Å². The van der Waals surface area contributed by atoms with E-state index in [0.29, 0.717) is 32.0 Å². The van der Waals surface area contributed by atoms with E-state index < -0.39 is 11.4 Å². The fraction of sp³-hybridized carbons (Fsp3) is 0.632. The van der Waals surface area contributed by atoms with E-state index in [9.17, 15) is 14.7 Å². The van der Waals surface area contributed by atoms with Crippen LogP contribution in [0.1, 0.15) is 129 Å².